The summed E-state index contributed by atoms with van der Waals surface area (Å²) in [6.45, 7) is 4.90. The van der Waals surface area contributed by atoms with Crippen LogP contribution in [0.4, 0.5) is 0 Å². The summed E-state index contributed by atoms with van der Waals surface area (Å²) in [6, 6.07) is 3.31. The molecular formula is C50H86O7S. The van der Waals surface area contributed by atoms with Crippen LogP contribution < -0.4 is 0 Å². The lowest BCUT2D eigenvalue weighted by atomic mass is 10.0. The number of ether oxygens (including phenoxy) is 2. The zero-order chi connectivity index (χ0) is 42.2. The highest BCUT2D eigenvalue weighted by atomic mass is 32.2. The number of hydrogen-bond donors (Lipinski definition) is 1. The van der Waals surface area contributed by atoms with Gasteiger partial charge in [0.1, 0.15) is 0 Å². The summed E-state index contributed by atoms with van der Waals surface area (Å²) in [4.78, 5) is 25.5. The predicted molar refractivity (Wildman–Crippen MR) is 243 cm³/mol. The van der Waals surface area contributed by atoms with E-state index in [1.54, 1.807) is 0 Å². The second-order valence-electron chi connectivity index (χ2n) is 16.5. The number of hydrogen-bond acceptors (Lipinski definition) is 6. The number of carbonyl (C=O) groups is 2. The first-order valence-electron chi connectivity index (χ1n) is 24.1. The molecule has 0 aromatic heterocycles. The highest BCUT2D eigenvalue weighted by Gasteiger charge is 2.23. The van der Waals surface area contributed by atoms with Gasteiger partial charge < -0.3 is 9.47 Å². The molecule has 0 aliphatic heterocycles. The monoisotopic (exact) mass is 831 g/mol. The van der Waals surface area contributed by atoms with Crippen molar-refractivity contribution in [2.45, 2.75) is 237 Å². The zero-order valence-electron chi connectivity index (χ0n) is 37.3. The first-order chi connectivity index (χ1) is 28.3. The lowest BCUT2D eigenvalue weighted by molar-refractivity contribution is 0.0450. The highest BCUT2D eigenvalue weighted by Crippen LogP contribution is 2.20. The van der Waals surface area contributed by atoms with E-state index in [0.717, 1.165) is 50.7 Å². The lowest BCUT2D eigenvalue weighted by Gasteiger charge is -2.11. The largest absolute Gasteiger partial charge is 0.462 e. The molecular weight excluding hydrogens is 745 g/mol. The van der Waals surface area contributed by atoms with Crippen molar-refractivity contribution in [1.82, 2.24) is 0 Å². The normalized spacial score (nSPS) is 11.9. The molecule has 0 radical (unpaired) electrons. The van der Waals surface area contributed by atoms with Crippen LogP contribution in [0.5, 0.6) is 0 Å². The molecule has 0 unspecified atom stereocenters. The maximum absolute atomic E-state index is 13.0. The van der Waals surface area contributed by atoms with Gasteiger partial charge in [-0.15, -0.1) is 0 Å². The van der Waals surface area contributed by atoms with Crippen molar-refractivity contribution >= 4 is 22.1 Å². The maximum Gasteiger partial charge on any atom is 0.339 e. The number of allylic oxidation sites excluding steroid dienone is 4. The summed E-state index contributed by atoms with van der Waals surface area (Å²) >= 11 is 0. The molecule has 8 heteroatoms. The fraction of sp³-hybridized carbons (Fsp3) is 0.760. The van der Waals surface area contributed by atoms with Crippen LogP contribution in [-0.2, 0) is 19.6 Å². The summed E-state index contributed by atoms with van der Waals surface area (Å²) in [5.74, 6) is -1.50. The minimum Gasteiger partial charge on any atom is -0.462 e. The van der Waals surface area contributed by atoms with Crippen LogP contribution in [-0.4, -0.2) is 38.1 Å². The van der Waals surface area contributed by atoms with Crippen molar-refractivity contribution in [3.05, 3.63) is 53.6 Å². The van der Waals surface area contributed by atoms with Gasteiger partial charge in [0.25, 0.3) is 10.1 Å². The zero-order valence-corrected chi connectivity index (χ0v) is 38.1. The van der Waals surface area contributed by atoms with Crippen LogP contribution in [0.15, 0.2) is 47.4 Å². The van der Waals surface area contributed by atoms with Crippen molar-refractivity contribution in [2.24, 2.45) is 0 Å². The van der Waals surface area contributed by atoms with Gasteiger partial charge in [-0.3, -0.25) is 4.55 Å². The van der Waals surface area contributed by atoms with E-state index in [-0.39, 0.29) is 24.3 Å². The van der Waals surface area contributed by atoms with Crippen molar-refractivity contribution < 1.29 is 32.0 Å². The third-order valence-corrected chi connectivity index (χ3v) is 11.9. The molecule has 0 amide bonds. The predicted octanol–water partition coefficient (Wildman–Crippen LogP) is 15.7. The Morgan fingerprint density at radius 3 is 1.07 bits per heavy atom. The highest BCUT2D eigenvalue weighted by molar-refractivity contribution is 7.85. The number of esters is 2. The van der Waals surface area contributed by atoms with Gasteiger partial charge in [0.05, 0.1) is 29.2 Å². The molecule has 0 fully saturated rings. The Balaban J connectivity index is 2.16. The molecule has 334 valence electrons. The van der Waals surface area contributed by atoms with Gasteiger partial charge >= 0.3 is 11.9 Å². The summed E-state index contributed by atoms with van der Waals surface area (Å²) in [6.07, 6.45) is 50.9. The van der Waals surface area contributed by atoms with Gasteiger partial charge in [0.2, 0.25) is 0 Å². The average Bonchev–Trinajstić information content (AvgIpc) is 3.21. The molecule has 0 saturated heterocycles. The second-order valence-corrected chi connectivity index (χ2v) is 17.9. The molecule has 1 aromatic carbocycles. The molecule has 0 atom stereocenters. The molecule has 0 saturated carbocycles. The van der Waals surface area contributed by atoms with Crippen LogP contribution in [0.3, 0.4) is 0 Å². The molecule has 0 aliphatic carbocycles. The Morgan fingerprint density at radius 2 is 0.741 bits per heavy atom. The third kappa shape index (κ3) is 31.5. The van der Waals surface area contributed by atoms with Crippen LogP contribution in [0.25, 0.3) is 0 Å². The van der Waals surface area contributed by atoms with E-state index in [1.807, 2.05) is 0 Å². The van der Waals surface area contributed by atoms with Gasteiger partial charge in [-0.1, -0.05) is 192 Å². The van der Waals surface area contributed by atoms with Crippen molar-refractivity contribution in [1.29, 1.82) is 0 Å². The fourth-order valence-corrected chi connectivity index (χ4v) is 7.78. The average molecular weight is 831 g/mol. The molecule has 7 nitrogen and oxygen atoms in total. The Morgan fingerprint density at radius 1 is 0.448 bits per heavy atom. The van der Waals surface area contributed by atoms with E-state index in [0.29, 0.717) is 6.42 Å². The molecule has 0 bridgehead atoms. The third-order valence-electron chi connectivity index (χ3n) is 11.0. The van der Waals surface area contributed by atoms with Crippen LogP contribution in [0.1, 0.15) is 253 Å². The van der Waals surface area contributed by atoms with E-state index in [4.69, 9.17) is 9.47 Å². The minimum absolute atomic E-state index is 0.0586. The Bertz CT molecular complexity index is 1300. The molecule has 1 rings (SSSR count). The van der Waals surface area contributed by atoms with Crippen LogP contribution >= 0.6 is 0 Å². The number of rotatable bonds is 41. The van der Waals surface area contributed by atoms with Gasteiger partial charge in [0, 0.05) is 0 Å². The van der Waals surface area contributed by atoms with Crippen molar-refractivity contribution in [3.63, 3.8) is 0 Å². The minimum atomic E-state index is -4.57. The summed E-state index contributed by atoms with van der Waals surface area (Å²) in [5.41, 5.74) is -0.268. The van der Waals surface area contributed by atoms with Crippen LogP contribution in [0.2, 0.25) is 0 Å². The van der Waals surface area contributed by atoms with E-state index < -0.39 is 27.0 Å². The second kappa shape index (κ2) is 38.7. The summed E-state index contributed by atoms with van der Waals surface area (Å²) in [5, 5.41) is 0. The molecule has 58 heavy (non-hydrogen) atoms. The Kier molecular flexibility index (Phi) is 35.8. The van der Waals surface area contributed by atoms with E-state index in [9.17, 15) is 22.6 Å². The van der Waals surface area contributed by atoms with E-state index in [2.05, 4.69) is 38.2 Å². The Hall–Kier alpha value is -2.45. The Labute approximate surface area is 356 Å². The quantitative estimate of drug-likeness (QED) is 0.0303. The van der Waals surface area contributed by atoms with Gasteiger partial charge in [-0.2, -0.15) is 8.42 Å². The van der Waals surface area contributed by atoms with Crippen LogP contribution in [0, 0.1) is 0 Å². The SMILES string of the molecule is CCCCCC/C=C/CCCCCCCCCCCCCOC(=O)c1ccc(S(=O)(=O)O)cc1C(=O)OCCCCCCCCCCCCC/C=C/CCCCCC. The standard InChI is InChI=1S/C50H86O7S/c1-3-5-7-9-11-13-15-17-19-21-23-25-27-29-31-33-35-37-39-43-56-49(51)47-42-41-46(58(53,54)55)45-48(47)50(52)57-44-40-38-36-34-32-30-28-26-24-22-20-18-16-14-12-10-8-6-4-2/h13-16,41-42,45H,3-12,17-40,43-44H2,1-2H3,(H,53,54,55)/b15-13+,16-14+. The van der Waals surface area contributed by atoms with Gasteiger partial charge in [-0.25, -0.2) is 9.59 Å². The fourth-order valence-electron chi connectivity index (χ4n) is 7.28. The van der Waals surface area contributed by atoms with Crippen molar-refractivity contribution in [2.75, 3.05) is 13.2 Å². The summed E-state index contributed by atoms with van der Waals surface area (Å²) in [7, 11) is -4.57. The first kappa shape index (κ1) is 53.6. The maximum atomic E-state index is 13.0. The molecule has 0 spiro atoms. The number of carbonyl (C=O) groups excluding carboxylic acids is 2. The molecule has 0 aliphatic rings. The number of benzene rings is 1. The molecule has 0 heterocycles. The van der Waals surface area contributed by atoms with E-state index in [1.165, 1.54) is 179 Å². The lowest BCUT2D eigenvalue weighted by Crippen LogP contribution is -2.16. The summed E-state index contributed by atoms with van der Waals surface area (Å²) < 4.78 is 44.0. The topological polar surface area (TPSA) is 107 Å². The van der Waals surface area contributed by atoms with Gasteiger partial charge in [0.15, 0.2) is 0 Å². The molecule has 1 aromatic rings. The molecule has 1 N–H and O–H groups in total. The van der Waals surface area contributed by atoms with E-state index >= 15 is 0 Å². The first-order valence-corrected chi connectivity index (χ1v) is 25.5. The van der Waals surface area contributed by atoms with Gasteiger partial charge in [-0.05, 0) is 82.4 Å². The number of unbranched alkanes of at least 4 members (excludes halogenated alkanes) is 30. The van der Waals surface area contributed by atoms with Crippen molar-refractivity contribution in [3.8, 4) is 0 Å². The smallest absolute Gasteiger partial charge is 0.339 e.